The van der Waals surface area contributed by atoms with E-state index in [4.69, 9.17) is 9.15 Å². The lowest BCUT2D eigenvalue weighted by atomic mass is 9.95. The molecule has 0 bridgehead atoms. The summed E-state index contributed by atoms with van der Waals surface area (Å²) in [6.45, 7) is 1.72. The monoisotopic (exact) mass is 524 g/mol. The smallest absolute Gasteiger partial charge is 0.296 e. The largest absolute Gasteiger partial charge is 0.503 e. The van der Waals surface area contributed by atoms with E-state index in [-0.39, 0.29) is 11.3 Å². The Bertz CT molecular complexity index is 1450. The molecule has 3 heterocycles. The summed E-state index contributed by atoms with van der Waals surface area (Å²) in [4.78, 5) is 32.6. The van der Waals surface area contributed by atoms with Crippen LogP contribution in [0.1, 0.15) is 27.9 Å². The van der Waals surface area contributed by atoms with Gasteiger partial charge in [0.25, 0.3) is 5.91 Å². The number of furan rings is 1. The zero-order valence-corrected chi connectivity index (χ0v) is 19.9. The first kappa shape index (κ1) is 21.4. The van der Waals surface area contributed by atoms with Gasteiger partial charge in [-0.3, -0.25) is 14.5 Å². The molecule has 1 aliphatic rings. The van der Waals surface area contributed by atoms with Crippen LogP contribution in [0.2, 0.25) is 0 Å². The Balaban J connectivity index is 1.67. The van der Waals surface area contributed by atoms with Gasteiger partial charge >= 0.3 is 0 Å². The summed E-state index contributed by atoms with van der Waals surface area (Å²) in [7, 11) is 1.58. The molecule has 4 aromatic rings. The number of hydrogen-bond acceptors (Lipinski definition) is 7. The summed E-state index contributed by atoms with van der Waals surface area (Å²) >= 11 is 4.73. The van der Waals surface area contributed by atoms with Crippen LogP contribution in [0, 0.1) is 6.92 Å². The number of methoxy groups -OCH3 is 1. The highest BCUT2D eigenvalue weighted by molar-refractivity contribution is 9.10. The predicted molar refractivity (Wildman–Crippen MR) is 128 cm³/mol. The van der Waals surface area contributed by atoms with Crippen LogP contribution >= 0.6 is 27.3 Å². The number of rotatable bonds is 5. The second-order valence-corrected chi connectivity index (χ2v) is 9.39. The minimum atomic E-state index is -0.879. The number of benzene rings is 2. The number of ketones is 1. The summed E-state index contributed by atoms with van der Waals surface area (Å²) in [5.74, 6) is -0.590. The topological polar surface area (TPSA) is 92.9 Å². The Morgan fingerprint density at radius 1 is 1.21 bits per heavy atom. The van der Waals surface area contributed by atoms with Crippen molar-refractivity contribution in [1.29, 1.82) is 0 Å². The normalized spacial score (nSPS) is 16.2. The van der Waals surface area contributed by atoms with Crippen molar-refractivity contribution in [3.05, 3.63) is 87.5 Å². The van der Waals surface area contributed by atoms with Gasteiger partial charge < -0.3 is 14.3 Å². The van der Waals surface area contributed by atoms with Crippen LogP contribution in [0.15, 0.2) is 74.8 Å². The SMILES string of the molecule is COc1ccc2nc(N3C(=O)C(O)=C(C(=O)c4ccc(C)o4)C3c3cccc(Br)c3)sc2c1. The number of carbonyl (C=O) groups is 2. The Morgan fingerprint density at radius 2 is 2.03 bits per heavy atom. The highest BCUT2D eigenvalue weighted by Gasteiger charge is 2.46. The average Bonchev–Trinajstić information content (AvgIpc) is 3.49. The second-order valence-electron chi connectivity index (χ2n) is 7.46. The van der Waals surface area contributed by atoms with E-state index in [1.54, 1.807) is 50.4 Å². The van der Waals surface area contributed by atoms with Crippen molar-refractivity contribution in [2.75, 3.05) is 12.0 Å². The van der Waals surface area contributed by atoms with Crippen LogP contribution < -0.4 is 9.64 Å². The Hall–Kier alpha value is -3.43. The number of hydrogen-bond donors (Lipinski definition) is 1. The summed E-state index contributed by atoms with van der Waals surface area (Å²) in [6.07, 6.45) is 0. The van der Waals surface area contributed by atoms with E-state index in [1.165, 1.54) is 22.3 Å². The van der Waals surface area contributed by atoms with Gasteiger partial charge in [0.1, 0.15) is 11.5 Å². The van der Waals surface area contributed by atoms with Gasteiger partial charge in [0.15, 0.2) is 16.7 Å². The molecule has 1 unspecified atom stereocenters. The highest BCUT2D eigenvalue weighted by atomic mass is 79.9. The van der Waals surface area contributed by atoms with Crippen LogP contribution in [0.25, 0.3) is 10.2 Å². The van der Waals surface area contributed by atoms with E-state index in [1.807, 2.05) is 12.1 Å². The van der Waals surface area contributed by atoms with Gasteiger partial charge in [0.05, 0.1) is 28.9 Å². The number of halogens is 1. The lowest BCUT2D eigenvalue weighted by molar-refractivity contribution is -0.117. The zero-order chi connectivity index (χ0) is 23.3. The van der Waals surface area contributed by atoms with E-state index in [0.29, 0.717) is 27.7 Å². The van der Waals surface area contributed by atoms with Gasteiger partial charge in [0, 0.05) is 4.47 Å². The number of fused-ring (bicyclic) bond motifs is 1. The maximum absolute atomic E-state index is 13.4. The highest BCUT2D eigenvalue weighted by Crippen LogP contribution is 2.45. The third-order valence-electron chi connectivity index (χ3n) is 5.37. The predicted octanol–water partition coefficient (Wildman–Crippen LogP) is 5.75. The van der Waals surface area contributed by atoms with Gasteiger partial charge in [-0.25, -0.2) is 4.98 Å². The number of amides is 1. The number of Topliss-reactive ketones (excluding diaryl/α,β-unsaturated/α-hetero) is 1. The summed E-state index contributed by atoms with van der Waals surface area (Å²) in [5.41, 5.74) is 1.27. The lowest BCUT2D eigenvalue weighted by Gasteiger charge is -2.24. The third-order valence-corrected chi connectivity index (χ3v) is 6.88. The van der Waals surface area contributed by atoms with Crippen molar-refractivity contribution >= 4 is 54.3 Å². The number of carbonyl (C=O) groups excluding carboxylic acids is 2. The van der Waals surface area contributed by atoms with Crippen LogP contribution in [0.3, 0.4) is 0 Å². The van der Waals surface area contributed by atoms with E-state index < -0.39 is 23.5 Å². The van der Waals surface area contributed by atoms with Crippen molar-refractivity contribution < 1.29 is 23.8 Å². The number of aliphatic hydroxyl groups excluding tert-OH is 1. The number of ether oxygens (including phenoxy) is 1. The summed E-state index contributed by atoms with van der Waals surface area (Å²) in [5, 5.41) is 11.2. The molecule has 1 amide bonds. The zero-order valence-electron chi connectivity index (χ0n) is 17.5. The molecule has 9 heteroatoms. The fraction of sp³-hybridized carbons (Fsp3) is 0.125. The fourth-order valence-electron chi connectivity index (χ4n) is 3.84. The first-order chi connectivity index (χ1) is 15.9. The molecule has 1 aliphatic heterocycles. The molecule has 166 valence electrons. The van der Waals surface area contributed by atoms with Crippen LogP contribution in [0.4, 0.5) is 5.13 Å². The molecule has 0 saturated carbocycles. The minimum Gasteiger partial charge on any atom is -0.503 e. The number of aliphatic hydroxyl groups is 1. The van der Waals surface area contributed by atoms with Crippen molar-refractivity contribution in [3.63, 3.8) is 0 Å². The molecule has 0 fully saturated rings. The number of thiazole rings is 1. The first-order valence-electron chi connectivity index (χ1n) is 9.95. The molecule has 0 spiro atoms. The van der Waals surface area contributed by atoms with Crippen LogP contribution in [-0.4, -0.2) is 28.9 Å². The van der Waals surface area contributed by atoms with Gasteiger partial charge in [-0.05, 0) is 55.0 Å². The maximum atomic E-state index is 13.4. The van der Waals surface area contributed by atoms with Crippen molar-refractivity contribution in [3.8, 4) is 5.75 Å². The third kappa shape index (κ3) is 3.63. The molecule has 0 saturated heterocycles. The van der Waals surface area contributed by atoms with Crippen molar-refractivity contribution in [2.45, 2.75) is 13.0 Å². The molecule has 0 radical (unpaired) electrons. The molecule has 7 nitrogen and oxygen atoms in total. The summed E-state index contributed by atoms with van der Waals surface area (Å²) in [6, 6.07) is 15.0. The molecular weight excluding hydrogens is 508 g/mol. The van der Waals surface area contributed by atoms with Gasteiger partial charge in [-0.15, -0.1) is 0 Å². The van der Waals surface area contributed by atoms with E-state index in [0.717, 1.165) is 9.17 Å². The molecular formula is C24H17BrN2O5S. The van der Waals surface area contributed by atoms with E-state index in [9.17, 15) is 14.7 Å². The summed E-state index contributed by atoms with van der Waals surface area (Å²) < 4.78 is 12.4. The average molecular weight is 525 g/mol. The van der Waals surface area contributed by atoms with Gasteiger partial charge in [0.2, 0.25) is 5.78 Å². The number of aryl methyl sites for hydroxylation is 1. The second kappa shape index (κ2) is 8.17. The van der Waals surface area contributed by atoms with E-state index >= 15 is 0 Å². The van der Waals surface area contributed by atoms with E-state index in [2.05, 4.69) is 20.9 Å². The fourth-order valence-corrected chi connectivity index (χ4v) is 5.28. The quantitative estimate of drug-likeness (QED) is 0.334. The van der Waals surface area contributed by atoms with Crippen molar-refractivity contribution in [1.82, 2.24) is 4.98 Å². The minimum absolute atomic E-state index is 0.0516. The standard InChI is InChI=1S/C24H17BrN2O5S/c1-12-6-9-17(32-12)21(28)19-20(13-4-3-5-14(25)10-13)27(23(30)22(19)29)24-26-16-8-7-15(31-2)11-18(16)33-24/h3-11,20,29H,1-2H3. The molecule has 0 aliphatic carbocycles. The maximum Gasteiger partial charge on any atom is 0.296 e. The van der Waals surface area contributed by atoms with Gasteiger partial charge in [-0.1, -0.05) is 39.4 Å². The molecule has 5 rings (SSSR count). The Morgan fingerprint density at radius 3 is 2.73 bits per heavy atom. The Labute approximate surface area is 201 Å². The number of nitrogens with zero attached hydrogens (tertiary/aromatic N) is 2. The first-order valence-corrected chi connectivity index (χ1v) is 11.6. The van der Waals surface area contributed by atoms with Crippen LogP contribution in [-0.2, 0) is 4.79 Å². The Kier molecular flexibility index (Phi) is 5.30. The molecule has 2 aromatic carbocycles. The molecule has 2 aromatic heterocycles. The molecule has 1 atom stereocenters. The van der Waals surface area contributed by atoms with Gasteiger partial charge in [-0.2, -0.15) is 0 Å². The number of anilines is 1. The van der Waals surface area contributed by atoms with Crippen molar-refractivity contribution in [2.24, 2.45) is 0 Å². The molecule has 33 heavy (non-hydrogen) atoms. The number of aromatic nitrogens is 1. The lowest BCUT2D eigenvalue weighted by Crippen LogP contribution is -2.30. The van der Waals surface area contributed by atoms with Crippen LogP contribution in [0.5, 0.6) is 5.75 Å². The molecule has 1 N–H and O–H groups in total.